The molecule has 5 N–H and O–H groups in total. The zero-order chi connectivity index (χ0) is 16.4. The van der Waals surface area contributed by atoms with E-state index >= 15 is 0 Å². The van der Waals surface area contributed by atoms with Crippen molar-refractivity contribution in [3.63, 3.8) is 0 Å². The lowest BCUT2D eigenvalue weighted by Crippen LogP contribution is -2.22. The van der Waals surface area contributed by atoms with Crippen molar-refractivity contribution in [2.24, 2.45) is 5.73 Å². The predicted molar refractivity (Wildman–Crippen MR) is 88.4 cm³/mol. The van der Waals surface area contributed by atoms with E-state index in [-0.39, 0.29) is 18.2 Å². The van der Waals surface area contributed by atoms with Gasteiger partial charge in [-0.1, -0.05) is 0 Å². The number of carbonyl (C=O) groups is 1. The molecule has 1 amide bonds. The highest BCUT2D eigenvalue weighted by atomic mass is 32.2. The molecule has 0 fully saturated rings. The van der Waals surface area contributed by atoms with Gasteiger partial charge >= 0.3 is 0 Å². The molecule has 120 valence electrons. The van der Waals surface area contributed by atoms with Crippen molar-refractivity contribution < 1.29 is 13.2 Å². The standard InChI is InChI=1S/C14H15N5O3S/c15-5-7-23(21,22)19-9-3-4-11-10(8-9)14(20)18-12-2-1-6-16-13(12)17-11/h1-4,6,8,19H,5,7,15H2,(H,16,17)(H,18,20). The Morgan fingerprint density at radius 3 is 2.78 bits per heavy atom. The molecule has 0 radical (unpaired) electrons. The van der Waals surface area contributed by atoms with E-state index in [1.807, 2.05) is 0 Å². The van der Waals surface area contributed by atoms with Gasteiger partial charge in [-0.05, 0) is 30.3 Å². The number of hydrogen-bond acceptors (Lipinski definition) is 6. The quantitative estimate of drug-likeness (QED) is 0.663. The number of aromatic nitrogens is 1. The van der Waals surface area contributed by atoms with Crippen LogP contribution in [-0.2, 0) is 10.0 Å². The fourth-order valence-corrected chi connectivity index (χ4v) is 3.11. The number of carbonyl (C=O) groups excluding carboxylic acids is 1. The van der Waals surface area contributed by atoms with Gasteiger partial charge in [0.05, 0.1) is 22.7 Å². The van der Waals surface area contributed by atoms with E-state index in [0.29, 0.717) is 28.4 Å². The van der Waals surface area contributed by atoms with Crippen molar-refractivity contribution in [1.29, 1.82) is 0 Å². The second-order valence-electron chi connectivity index (χ2n) is 4.95. The first-order valence-electron chi connectivity index (χ1n) is 6.86. The van der Waals surface area contributed by atoms with Gasteiger partial charge in [0.15, 0.2) is 5.82 Å². The number of hydrogen-bond donors (Lipinski definition) is 4. The molecule has 0 saturated heterocycles. The normalized spacial score (nSPS) is 13.2. The molecule has 9 heteroatoms. The van der Waals surface area contributed by atoms with E-state index in [1.165, 1.54) is 6.07 Å². The molecule has 0 saturated carbocycles. The van der Waals surface area contributed by atoms with Crippen LogP contribution in [-0.4, -0.2) is 31.6 Å². The van der Waals surface area contributed by atoms with Gasteiger partial charge in [-0.15, -0.1) is 0 Å². The summed E-state index contributed by atoms with van der Waals surface area (Å²) < 4.78 is 26.0. The summed E-state index contributed by atoms with van der Waals surface area (Å²) in [4.78, 5) is 16.5. The number of pyridine rings is 1. The highest BCUT2D eigenvalue weighted by molar-refractivity contribution is 7.92. The minimum atomic E-state index is -3.53. The molecule has 2 aromatic rings. The molecule has 0 bridgehead atoms. The molecule has 1 aliphatic heterocycles. The van der Waals surface area contributed by atoms with Gasteiger partial charge in [0.25, 0.3) is 5.91 Å². The number of sulfonamides is 1. The molecule has 0 spiro atoms. The maximum absolute atomic E-state index is 12.3. The summed E-state index contributed by atoms with van der Waals surface area (Å²) in [7, 11) is -3.53. The zero-order valence-electron chi connectivity index (χ0n) is 12.0. The number of nitrogens with zero attached hydrogens (tertiary/aromatic N) is 1. The minimum Gasteiger partial charge on any atom is -0.338 e. The van der Waals surface area contributed by atoms with Crippen LogP contribution >= 0.6 is 0 Å². The van der Waals surface area contributed by atoms with Crippen LogP contribution in [0.1, 0.15) is 10.4 Å². The summed E-state index contributed by atoms with van der Waals surface area (Å²) >= 11 is 0. The first-order chi connectivity index (χ1) is 11.0. The van der Waals surface area contributed by atoms with Crippen molar-refractivity contribution in [3.05, 3.63) is 42.1 Å². The molecular weight excluding hydrogens is 318 g/mol. The number of benzene rings is 1. The average molecular weight is 333 g/mol. The third kappa shape index (κ3) is 3.25. The Kier molecular flexibility index (Phi) is 3.89. The van der Waals surface area contributed by atoms with Crippen molar-refractivity contribution in [1.82, 2.24) is 4.98 Å². The van der Waals surface area contributed by atoms with Gasteiger partial charge in [0.1, 0.15) is 0 Å². The van der Waals surface area contributed by atoms with Crippen LogP contribution < -0.4 is 21.1 Å². The average Bonchev–Trinajstić information content (AvgIpc) is 2.63. The second-order valence-corrected chi connectivity index (χ2v) is 6.79. The molecule has 3 rings (SSSR count). The summed E-state index contributed by atoms with van der Waals surface area (Å²) in [5.74, 6) is -0.0145. The van der Waals surface area contributed by atoms with E-state index < -0.39 is 10.0 Å². The van der Waals surface area contributed by atoms with Gasteiger partial charge in [0.2, 0.25) is 10.0 Å². The molecule has 1 aliphatic rings. The number of anilines is 4. The molecular formula is C14H15N5O3S. The topological polar surface area (TPSA) is 126 Å². The minimum absolute atomic E-state index is 0.0172. The number of amides is 1. The molecule has 1 aromatic carbocycles. The summed E-state index contributed by atoms with van der Waals surface area (Å²) in [6.45, 7) is 0.0172. The molecule has 1 aromatic heterocycles. The third-order valence-electron chi connectivity index (χ3n) is 3.23. The van der Waals surface area contributed by atoms with E-state index in [9.17, 15) is 13.2 Å². The van der Waals surface area contributed by atoms with Crippen molar-refractivity contribution in [3.8, 4) is 0 Å². The molecule has 0 aliphatic carbocycles. The number of nitrogens with one attached hydrogen (secondary N) is 3. The van der Waals surface area contributed by atoms with Crippen LogP contribution in [0, 0.1) is 0 Å². The van der Waals surface area contributed by atoms with Gasteiger partial charge in [0, 0.05) is 18.4 Å². The van der Waals surface area contributed by atoms with E-state index in [4.69, 9.17) is 5.73 Å². The fraction of sp³-hybridized carbons (Fsp3) is 0.143. The monoisotopic (exact) mass is 333 g/mol. The first-order valence-corrected chi connectivity index (χ1v) is 8.52. The number of rotatable bonds is 4. The molecule has 8 nitrogen and oxygen atoms in total. The van der Waals surface area contributed by atoms with E-state index in [1.54, 1.807) is 30.5 Å². The van der Waals surface area contributed by atoms with Crippen molar-refractivity contribution >= 4 is 38.8 Å². The van der Waals surface area contributed by atoms with Crippen LogP contribution in [0.2, 0.25) is 0 Å². The van der Waals surface area contributed by atoms with Gasteiger partial charge in [-0.3, -0.25) is 9.52 Å². The van der Waals surface area contributed by atoms with Crippen molar-refractivity contribution in [2.75, 3.05) is 27.7 Å². The predicted octanol–water partition coefficient (Wildman–Crippen LogP) is 1.09. The highest BCUT2D eigenvalue weighted by Crippen LogP contribution is 2.31. The smallest absolute Gasteiger partial charge is 0.257 e. The van der Waals surface area contributed by atoms with Crippen LogP contribution in [0.3, 0.4) is 0 Å². The molecule has 0 unspecified atom stereocenters. The Hall–Kier alpha value is -2.65. The Morgan fingerprint density at radius 2 is 2.00 bits per heavy atom. The first kappa shape index (κ1) is 15.3. The SMILES string of the molecule is NCCS(=O)(=O)Nc1ccc2c(c1)C(=O)Nc1cccnc1N2. The lowest BCUT2D eigenvalue weighted by Gasteiger charge is -2.11. The van der Waals surface area contributed by atoms with Crippen molar-refractivity contribution in [2.45, 2.75) is 0 Å². The molecule has 2 heterocycles. The maximum Gasteiger partial charge on any atom is 0.257 e. The molecule has 0 atom stereocenters. The Labute approximate surface area is 133 Å². The van der Waals surface area contributed by atoms with Gasteiger partial charge < -0.3 is 16.4 Å². The fourth-order valence-electron chi connectivity index (χ4n) is 2.21. The van der Waals surface area contributed by atoms with E-state index in [2.05, 4.69) is 20.3 Å². The summed E-state index contributed by atoms with van der Waals surface area (Å²) in [6.07, 6.45) is 1.61. The molecule has 23 heavy (non-hydrogen) atoms. The zero-order valence-corrected chi connectivity index (χ0v) is 12.9. The Bertz CT molecular complexity index is 866. The summed E-state index contributed by atoms with van der Waals surface area (Å²) in [5.41, 5.74) is 6.98. The number of nitrogens with two attached hydrogens (primary N) is 1. The van der Waals surface area contributed by atoms with E-state index in [0.717, 1.165) is 0 Å². The summed E-state index contributed by atoms with van der Waals surface area (Å²) in [6, 6.07) is 8.10. The van der Waals surface area contributed by atoms with Gasteiger partial charge in [-0.2, -0.15) is 0 Å². The largest absolute Gasteiger partial charge is 0.338 e. The van der Waals surface area contributed by atoms with Gasteiger partial charge in [-0.25, -0.2) is 13.4 Å². The lowest BCUT2D eigenvalue weighted by atomic mass is 10.1. The highest BCUT2D eigenvalue weighted by Gasteiger charge is 2.20. The third-order valence-corrected chi connectivity index (χ3v) is 4.55. The Morgan fingerprint density at radius 1 is 1.17 bits per heavy atom. The Balaban J connectivity index is 1.95. The second kappa shape index (κ2) is 5.86. The van der Waals surface area contributed by atoms with Crippen LogP contribution in [0.4, 0.5) is 22.9 Å². The number of fused-ring (bicyclic) bond motifs is 2. The van der Waals surface area contributed by atoms with Crippen LogP contribution in [0.5, 0.6) is 0 Å². The van der Waals surface area contributed by atoms with Crippen LogP contribution in [0.15, 0.2) is 36.5 Å². The summed E-state index contributed by atoms with van der Waals surface area (Å²) in [5, 5.41) is 5.79. The lowest BCUT2D eigenvalue weighted by molar-refractivity contribution is 0.102. The maximum atomic E-state index is 12.3. The van der Waals surface area contributed by atoms with Crippen LogP contribution in [0.25, 0.3) is 0 Å².